The zero-order valence-corrected chi connectivity index (χ0v) is 15.6. The van der Waals surface area contributed by atoms with Crippen LogP contribution in [0.25, 0.3) is 0 Å². The standard InChI is InChI=1S/C19H24N2S2/c1-14-5-4-6-17(10-14)13-23-8-7-20-19(22)21-18-11-15(2)9-16(3)12-18/h4-6,9-12H,7-8,13H2,1-3H3,(H2,20,21,22). The highest BCUT2D eigenvalue weighted by atomic mass is 32.2. The number of aryl methyl sites for hydroxylation is 3. The number of nitrogens with one attached hydrogen (secondary N) is 2. The Hall–Kier alpha value is -1.52. The zero-order chi connectivity index (χ0) is 16.7. The Kier molecular flexibility index (Phi) is 6.93. The van der Waals surface area contributed by atoms with Crippen molar-refractivity contribution >= 4 is 34.8 Å². The van der Waals surface area contributed by atoms with Crippen LogP contribution in [0.4, 0.5) is 5.69 Å². The van der Waals surface area contributed by atoms with E-state index in [0.717, 1.165) is 23.7 Å². The van der Waals surface area contributed by atoms with E-state index >= 15 is 0 Å². The first-order valence-electron chi connectivity index (χ1n) is 7.79. The number of hydrogen-bond acceptors (Lipinski definition) is 2. The van der Waals surface area contributed by atoms with Crippen molar-refractivity contribution in [1.29, 1.82) is 0 Å². The Bertz CT molecular complexity index is 648. The van der Waals surface area contributed by atoms with Gasteiger partial charge in [0.05, 0.1) is 0 Å². The van der Waals surface area contributed by atoms with E-state index in [1.54, 1.807) is 0 Å². The minimum Gasteiger partial charge on any atom is -0.362 e. The molecular weight excluding hydrogens is 320 g/mol. The first-order valence-corrected chi connectivity index (χ1v) is 9.35. The molecule has 0 bridgehead atoms. The van der Waals surface area contributed by atoms with Gasteiger partial charge in [-0.2, -0.15) is 11.8 Å². The number of hydrogen-bond donors (Lipinski definition) is 2. The molecule has 2 rings (SSSR count). The van der Waals surface area contributed by atoms with E-state index in [0.29, 0.717) is 5.11 Å². The highest BCUT2D eigenvalue weighted by Gasteiger charge is 2.00. The van der Waals surface area contributed by atoms with E-state index in [1.807, 2.05) is 11.8 Å². The molecule has 0 saturated carbocycles. The van der Waals surface area contributed by atoms with Gasteiger partial charge in [-0.15, -0.1) is 0 Å². The summed E-state index contributed by atoms with van der Waals surface area (Å²) in [5.74, 6) is 2.07. The van der Waals surface area contributed by atoms with Crippen LogP contribution in [0, 0.1) is 20.8 Å². The lowest BCUT2D eigenvalue weighted by Crippen LogP contribution is -2.30. The van der Waals surface area contributed by atoms with Gasteiger partial charge in [0, 0.05) is 23.7 Å². The van der Waals surface area contributed by atoms with Gasteiger partial charge in [-0.05, 0) is 61.8 Å². The molecule has 0 aliphatic carbocycles. The number of benzene rings is 2. The van der Waals surface area contributed by atoms with Crippen LogP contribution in [-0.2, 0) is 5.75 Å². The SMILES string of the molecule is Cc1cccc(CSCCNC(=S)Nc2cc(C)cc(C)c2)c1. The molecule has 2 aromatic carbocycles. The van der Waals surface area contributed by atoms with Crippen LogP contribution in [0.5, 0.6) is 0 Å². The van der Waals surface area contributed by atoms with Crippen LogP contribution in [0.2, 0.25) is 0 Å². The Morgan fingerprint density at radius 3 is 2.43 bits per heavy atom. The maximum Gasteiger partial charge on any atom is 0.170 e. The molecule has 0 heterocycles. The molecule has 0 unspecified atom stereocenters. The summed E-state index contributed by atoms with van der Waals surface area (Å²) < 4.78 is 0. The third-order valence-electron chi connectivity index (χ3n) is 3.36. The van der Waals surface area contributed by atoms with E-state index < -0.39 is 0 Å². The van der Waals surface area contributed by atoms with Crippen molar-refractivity contribution < 1.29 is 0 Å². The molecule has 2 aromatic rings. The van der Waals surface area contributed by atoms with Crippen LogP contribution >= 0.6 is 24.0 Å². The van der Waals surface area contributed by atoms with Gasteiger partial charge in [-0.25, -0.2) is 0 Å². The van der Waals surface area contributed by atoms with Crippen molar-refractivity contribution in [3.63, 3.8) is 0 Å². The number of thioether (sulfide) groups is 1. The van der Waals surface area contributed by atoms with Crippen molar-refractivity contribution in [3.8, 4) is 0 Å². The Labute approximate surface area is 149 Å². The lowest BCUT2D eigenvalue weighted by Gasteiger charge is -2.11. The van der Waals surface area contributed by atoms with E-state index in [9.17, 15) is 0 Å². The summed E-state index contributed by atoms with van der Waals surface area (Å²) in [6, 6.07) is 15.0. The van der Waals surface area contributed by atoms with Crippen LogP contribution in [0.1, 0.15) is 22.3 Å². The first kappa shape index (κ1) is 17.8. The Morgan fingerprint density at radius 2 is 1.74 bits per heavy atom. The normalized spacial score (nSPS) is 10.4. The van der Waals surface area contributed by atoms with Crippen LogP contribution in [0.15, 0.2) is 42.5 Å². The lowest BCUT2D eigenvalue weighted by molar-refractivity contribution is 0.989. The van der Waals surface area contributed by atoms with Gasteiger partial charge in [0.15, 0.2) is 5.11 Å². The Morgan fingerprint density at radius 1 is 1.00 bits per heavy atom. The van der Waals surface area contributed by atoms with Gasteiger partial charge in [-0.3, -0.25) is 0 Å². The van der Waals surface area contributed by atoms with Crippen molar-refractivity contribution in [2.45, 2.75) is 26.5 Å². The average molecular weight is 345 g/mol. The summed E-state index contributed by atoms with van der Waals surface area (Å²) in [4.78, 5) is 0. The maximum atomic E-state index is 5.35. The third-order valence-corrected chi connectivity index (χ3v) is 4.64. The fraction of sp³-hybridized carbons (Fsp3) is 0.316. The number of thiocarbonyl (C=S) groups is 1. The maximum absolute atomic E-state index is 5.35. The zero-order valence-electron chi connectivity index (χ0n) is 14.0. The largest absolute Gasteiger partial charge is 0.362 e. The lowest BCUT2D eigenvalue weighted by atomic mass is 10.1. The molecule has 122 valence electrons. The molecule has 0 amide bonds. The molecule has 23 heavy (non-hydrogen) atoms. The minimum absolute atomic E-state index is 0.686. The van der Waals surface area contributed by atoms with Gasteiger partial charge < -0.3 is 10.6 Å². The van der Waals surface area contributed by atoms with Gasteiger partial charge in [0.1, 0.15) is 0 Å². The summed E-state index contributed by atoms with van der Waals surface area (Å²) in [6.07, 6.45) is 0. The number of rotatable bonds is 6. The summed E-state index contributed by atoms with van der Waals surface area (Å²) in [5, 5.41) is 7.20. The van der Waals surface area contributed by atoms with Gasteiger partial charge in [-0.1, -0.05) is 35.9 Å². The smallest absolute Gasteiger partial charge is 0.170 e. The molecule has 0 aliphatic rings. The summed E-state index contributed by atoms with van der Waals surface area (Å²) in [6.45, 7) is 7.19. The second-order valence-electron chi connectivity index (χ2n) is 5.80. The van der Waals surface area contributed by atoms with Gasteiger partial charge in [0.2, 0.25) is 0 Å². The first-order chi connectivity index (χ1) is 11.0. The molecule has 0 atom stereocenters. The fourth-order valence-electron chi connectivity index (χ4n) is 2.45. The molecule has 2 nitrogen and oxygen atoms in total. The predicted molar refractivity (Wildman–Crippen MR) is 107 cm³/mol. The number of anilines is 1. The second kappa shape index (κ2) is 8.94. The van der Waals surface area contributed by atoms with E-state index in [-0.39, 0.29) is 0 Å². The monoisotopic (exact) mass is 344 g/mol. The highest BCUT2D eigenvalue weighted by molar-refractivity contribution is 7.98. The molecule has 0 radical (unpaired) electrons. The van der Waals surface area contributed by atoms with E-state index in [2.05, 4.69) is 73.9 Å². The van der Waals surface area contributed by atoms with Gasteiger partial charge in [0.25, 0.3) is 0 Å². The summed E-state index contributed by atoms with van der Waals surface area (Å²) >= 11 is 7.27. The van der Waals surface area contributed by atoms with Crippen molar-refractivity contribution in [1.82, 2.24) is 5.32 Å². The van der Waals surface area contributed by atoms with Crippen LogP contribution in [-0.4, -0.2) is 17.4 Å². The van der Waals surface area contributed by atoms with Crippen molar-refractivity contribution in [2.75, 3.05) is 17.6 Å². The van der Waals surface area contributed by atoms with E-state index in [1.165, 1.54) is 22.3 Å². The second-order valence-corrected chi connectivity index (χ2v) is 7.31. The molecule has 0 saturated heterocycles. The average Bonchev–Trinajstić information content (AvgIpc) is 2.45. The minimum atomic E-state index is 0.686. The van der Waals surface area contributed by atoms with Crippen LogP contribution < -0.4 is 10.6 Å². The highest BCUT2D eigenvalue weighted by Crippen LogP contribution is 2.14. The molecule has 2 N–H and O–H groups in total. The van der Waals surface area contributed by atoms with Gasteiger partial charge >= 0.3 is 0 Å². The quantitative estimate of drug-likeness (QED) is 0.579. The predicted octanol–water partition coefficient (Wildman–Crippen LogP) is 4.83. The van der Waals surface area contributed by atoms with Crippen molar-refractivity contribution in [2.24, 2.45) is 0 Å². The fourth-order valence-corrected chi connectivity index (χ4v) is 3.48. The molecule has 0 spiro atoms. The molecular formula is C19H24N2S2. The Balaban J connectivity index is 1.67. The van der Waals surface area contributed by atoms with E-state index in [4.69, 9.17) is 12.2 Å². The summed E-state index contributed by atoms with van der Waals surface area (Å²) in [5.41, 5.74) is 6.23. The molecule has 0 aliphatic heterocycles. The van der Waals surface area contributed by atoms with Crippen molar-refractivity contribution in [3.05, 3.63) is 64.7 Å². The molecule has 0 aromatic heterocycles. The topological polar surface area (TPSA) is 24.1 Å². The third kappa shape index (κ3) is 6.63. The molecule has 4 heteroatoms. The summed E-state index contributed by atoms with van der Waals surface area (Å²) in [7, 11) is 0. The van der Waals surface area contributed by atoms with Crippen LogP contribution in [0.3, 0.4) is 0 Å². The molecule has 0 fully saturated rings.